The Morgan fingerprint density at radius 3 is 2.47 bits per heavy atom. The number of nitrogens with one attached hydrogen (secondary N) is 1. The van der Waals surface area contributed by atoms with Crippen LogP contribution in [-0.4, -0.2) is 27.0 Å². The van der Waals surface area contributed by atoms with Crippen molar-refractivity contribution < 1.29 is 0 Å². The summed E-state index contributed by atoms with van der Waals surface area (Å²) in [5.41, 5.74) is 11.2. The third kappa shape index (κ3) is 2.94. The molecule has 0 amide bonds. The Bertz CT molecular complexity index is 510. The van der Waals surface area contributed by atoms with E-state index in [0.29, 0.717) is 27.6 Å². The molecule has 0 atom stereocenters. The zero-order valence-electron chi connectivity index (χ0n) is 9.08. The van der Waals surface area contributed by atoms with Crippen LogP contribution in [0.5, 0.6) is 0 Å². The zero-order valence-corrected chi connectivity index (χ0v) is 9.90. The van der Waals surface area contributed by atoms with Gasteiger partial charge in [0.15, 0.2) is 5.16 Å². The van der Waals surface area contributed by atoms with Crippen molar-refractivity contribution in [1.29, 1.82) is 0 Å². The van der Waals surface area contributed by atoms with Gasteiger partial charge in [-0.2, -0.15) is 0 Å². The van der Waals surface area contributed by atoms with Crippen LogP contribution in [0.2, 0.25) is 0 Å². The summed E-state index contributed by atoms with van der Waals surface area (Å²) in [5.74, 6) is 1.34. The quantitative estimate of drug-likeness (QED) is 0.678. The minimum atomic E-state index is 0.331. The standard InChI is InChI=1S/C9H11N7S/c1-12-7-3-13-4-8(16-7)17-9-14-5(10)2-6(11)15-9/h2-4H,1H3,(H,12,16)(H4,10,11,14,15). The number of nitrogens with two attached hydrogens (primary N) is 2. The van der Waals surface area contributed by atoms with Crippen molar-refractivity contribution in [3.05, 3.63) is 18.5 Å². The van der Waals surface area contributed by atoms with E-state index in [1.807, 2.05) is 0 Å². The van der Waals surface area contributed by atoms with Crippen LogP contribution < -0.4 is 16.8 Å². The predicted molar refractivity (Wildman–Crippen MR) is 66.6 cm³/mol. The van der Waals surface area contributed by atoms with Gasteiger partial charge in [-0.25, -0.2) is 15.0 Å². The molecule has 8 heteroatoms. The lowest BCUT2D eigenvalue weighted by atomic mass is 10.5. The minimum absolute atomic E-state index is 0.331. The molecule has 0 bridgehead atoms. The van der Waals surface area contributed by atoms with E-state index < -0.39 is 0 Å². The lowest BCUT2D eigenvalue weighted by Crippen LogP contribution is -2.00. The van der Waals surface area contributed by atoms with Gasteiger partial charge >= 0.3 is 0 Å². The van der Waals surface area contributed by atoms with Crippen LogP contribution in [0.3, 0.4) is 0 Å². The van der Waals surface area contributed by atoms with Gasteiger partial charge in [-0.05, 0) is 11.8 Å². The van der Waals surface area contributed by atoms with E-state index in [1.165, 1.54) is 17.8 Å². The van der Waals surface area contributed by atoms with E-state index in [-0.39, 0.29) is 0 Å². The molecule has 0 radical (unpaired) electrons. The monoisotopic (exact) mass is 249 g/mol. The summed E-state index contributed by atoms with van der Waals surface area (Å²) in [4.78, 5) is 16.4. The second-order valence-corrected chi connectivity index (χ2v) is 4.08. The second-order valence-electron chi connectivity index (χ2n) is 3.09. The Morgan fingerprint density at radius 1 is 1.12 bits per heavy atom. The molecule has 2 aromatic heterocycles. The van der Waals surface area contributed by atoms with Gasteiger partial charge in [-0.1, -0.05) is 0 Å². The van der Waals surface area contributed by atoms with E-state index in [2.05, 4.69) is 25.3 Å². The Morgan fingerprint density at radius 2 is 1.82 bits per heavy atom. The number of hydrogen-bond acceptors (Lipinski definition) is 8. The molecule has 0 aliphatic heterocycles. The first-order chi connectivity index (χ1) is 8.17. The topological polar surface area (TPSA) is 116 Å². The number of nitrogens with zero attached hydrogens (tertiary/aromatic N) is 4. The first-order valence-electron chi connectivity index (χ1n) is 4.75. The number of anilines is 3. The van der Waals surface area contributed by atoms with Crippen molar-refractivity contribution in [1.82, 2.24) is 19.9 Å². The number of aromatic nitrogens is 4. The summed E-state index contributed by atoms with van der Waals surface area (Å²) in [6.07, 6.45) is 3.24. The summed E-state index contributed by atoms with van der Waals surface area (Å²) in [5, 5.41) is 4.02. The fourth-order valence-corrected chi connectivity index (χ4v) is 1.87. The van der Waals surface area contributed by atoms with E-state index in [4.69, 9.17) is 11.5 Å². The molecule has 0 spiro atoms. The summed E-state index contributed by atoms with van der Waals surface area (Å²) in [6, 6.07) is 1.50. The van der Waals surface area contributed by atoms with Crippen molar-refractivity contribution >= 4 is 29.2 Å². The van der Waals surface area contributed by atoms with Crippen molar-refractivity contribution in [3.63, 3.8) is 0 Å². The van der Waals surface area contributed by atoms with Crippen molar-refractivity contribution in [2.75, 3.05) is 23.8 Å². The number of hydrogen-bond donors (Lipinski definition) is 3. The van der Waals surface area contributed by atoms with Crippen LogP contribution in [0.1, 0.15) is 0 Å². The van der Waals surface area contributed by atoms with E-state index >= 15 is 0 Å². The van der Waals surface area contributed by atoms with Gasteiger partial charge in [-0.3, -0.25) is 4.98 Å². The fourth-order valence-electron chi connectivity index (χ4n) is 1.12. The number of rotatable bonds is 3. The molecule has 7 nitrogen and oxygen atoms in total. The van der Waals surface area contributed by atoms with E-state index in [9.17, 15) is 0 Å². The van der Waals surface area contributed by atoms with Crippen LogP contribution in [0, 0.1) is 0 Å². The molecule has 0 aromatic carbocycles. The highest BCUT2D eigenvalue weighted by Gasteiger charge is 2.05. The highest BCUT2D eigenvalue weighted by Crippen LogP contribution is 2.24. The van der Waals surface area contributed by atoms with Gasteiger partial charge in [0, 0.05) is 13.1 Å². The summed E-state index contributed by atoms with van der Waals surface area (Å²) >= 11 is 1.25. The minimum Gasteiger partial charge on any atom is -0.383 e. The smallest absolute Gasteiger partial charge is 0.197 e. The fraction of sp³-hybridized carbons (Fsp3) is 0.111. The molecule has 88 valence electrons. The first-order valence-corrected chi connectivity index (χ1v) is 5.56. The molecule has 0 fully saturated rings. The summed E-state index contributed by atoms with van der Waals surface area (Å²) < 4.78 is 0. The molecule has 2 aromatic rings. The van der Waals surface area contributed by atoms with E-state index in [1.54, 1.807) is 19.4 Å². The van der Waals surface area contributed by atoms with Gasteiger partial charge in [0.25, 0.3) is 0 Å². The molecular formula is C9H11N7S. The predicted octanol–water partition coefficient (Wildman–Crippen LogP) is 0.624. The van der Waals surface area contributed by atoms with Gasteiger partial charge in [-0.15, -0.1) is 0 Å². The van der Waals surface area contributed by atoms with Crippen molar-refractivity contribution in [2.24, 2.45) is 0 Å². The van der Waals surface area contributed by atoms with Crippen LogP contribution in [0.15, 0.2) is 28.6 Å². The molecule has 0 aliphatic rings. The summed E-state index contributed by atoms with van der Waals surface area (Å²) in [6.45, 7) is 0. The lowest BCUT2D eigenvalue weighted by Gasteiger charge is -2.03. The maximum Gasteiger partial charge on any atom is 0.197 e. The van der Waals surface area contributed by atoms with Gasteiger partial charge in [0.2, 0.25) is 0 Å². The van der Waals surface area contributed by atoms with E-state index in [0.717, 1.165) is 0 Å². The van der Waals surface area contributed by atoms with Crippen molar-refractivity contribution in [2.45, 2.75) is 10.2 Å². The average Bonchev–Trinajstić information content (AvgIpc) is 2.28. The molecule has 2 heterocycles. The lowest BCUT2D eigenvalue weighted by molar-refractivity contribution is 0.970. The first kappa shape index (κ1) is 11.4. The van der Waals surface area contributed by atoms with Crippen LogP contribution in [-0.2, 0) is 0 Å². The molecule has 0 aliphatic carbocycles. The molecule has 17 heavy (non-hydrogen) atoms. The molecule has 2 rings (SSSR count). The number of nitrogen functional groups attached to an aromatic ring is 2. The Kier molecular flexibility index (Phi) is 3.24. The average molecular weight is 249 g/mol. The molecule has 0 saturated heterocycles. The third-order valence-corrected chi connectivity index (χ3v) is 2.58. The third-order valence-electron chi connectivity index (χ3n) is 1.81. The highest BCUT2D eigenvalue weighted by molar-refractivity contribution is 7.99. The van der Waals surface area contributed by atoms with Gasteiger partial charge in [0.1, 0.15) is 22.5 Å². The maximum absolute atomic E-state index is 5.58. The van der Waals surface area contributed by atoms with Gasteiger partial charge < -0.3 is 16.8 Å². The second kappa shape index (κ2) is 4.83. The molecule has 0 unspecified atom stereocenters. The summed E-state index contributed by atoms with van der Waals surface area (Å²) in [7, 11) is 1.77. The Labute approximate surface area is 102 Å². The molecule has 5 N–H and O–H groups in total. The SMILES string of the molecule is CNc1cncc(Sc2nc(N)cc(N)n2)n1. The van der Waals surface area contributed by atoms with Crippen LogP contribution in [0.25, 0.3) is 0 Å². The zero-order chi connectivity index (χ0) is 12.3. The normalized spacial score (nSPS) is 10.2. The molecular weight excluding hydrogens is 238 g/mol. The highest BCUT2D eigenvalue weighted by atomic mass is 32.2. The van der Waals surface area contributed by atoms with Crippen LogP contribution in [0.4, 0.5) is 17.5 Å². The Balaban J connectivity index is 2.24. The Hall–Kier alpha value is -2.09. The van der Waals surface area contributed by atoms with Crippen molar-refractivity contribution in [3.8, 4) is 0 Å². The van der Waals surface area contributed by atoms with Gasteiger partial charge in [0.05, 0.1) is 12.4 Å². The molecule has 0 saturated carbocycles. The van der Waals surface area contributed by atoms with Crippen LogP contribution >= 0.6 is 11.8 Å². The largest absolute Gasteiger partial charge is 0.383 e. The maximum atomic E-state index is 5.58.